The number of aromatic nitrogens is 1. The quantitative estimate of drug-likeness (QED) is 0.825. The van der Waals surface area contributed by atoms with E-state index in [-0.39, 0.29) is 6.42 Å². The van der Waals surface area contributed by atoms with Gasteiger partial charge in [0, 0.05) is 37.9 Å². The van der Waals surface area contributed by atoms with Crippen molar-refractivity contribution in [1.82, 2.24) is 9.88 Å². The topological polar surface area (TPSA) is 56.7 Å². The highest BCUT2D eigenvalue weighted by Crippen LogP contribution is 2.19. The summed E-state index contributed by atoms with van der Waals surface area (Å²) in [6, 6.07) is 3.63. The average molecular weight is 235 g/mol. The Morgan fingerprint density at radius 1 is 1.41 bits per heavy atom. The zero-order chi connectivity index (χ0) is 12.3. The summed E-state index contributed by atoms with van der Waals surface area (Å²) in [5.74, 6) is 0.0105. The predicted molar refractivity (Wildman–Crippen MR) is 65.3 cm³/mol. The molecule has 2 rings (SSSR count). The first-order valence-electron chi connectivity index (χ1n) is 5.76. The SMILES string of the molecule is CN1CCN(c2ncccc2CC(=O)O)CC1. The number of rotatable bonds is 3. The molecule has 5 heteroatoms. The molecule has 0 unspecified atom stereocenters. The molecule has 5 nitrogen and oxygen atoms in total. The Morgan fingerprint density at radius 2 is 2.12 bits per heavy atom. The summed E-state index contributed by atoms with van der Waals surface area (Å²) in [6.45, 7) is 3.78. The monoisotopic (exact) mass is 235 g/mol. The third-order valence-electron chi connectivity index (χ3n) is 3.01. The van der Waals surface area contributed by atoms with E-state index in [1.165, 1.54) is 0 Å². The van der Waals surface area contributed by atoms with Gasteiger partial charge in [-0.3, -0.25) is 4.79 Å². The molecule has 1 aliphatic rings. The van der Waals surface area contributed by atoms with Crippen molar-refractivity contribution in [1.29, 1.82) is 0 Å². The van der Waals surface area contributed by atoms with Crippen molar-refractivity contribution < 1.29 is 9.90 Å². The Labute approximate surface area is 101 Å². The van der Waals surface area contributed by atoms with E-state index in [1.807, 2.05) is 6.07 Å². The molecular weight excluding hydrogens is 218 g/mol. The fraction of sp³-hybridized carbons (Fsp3) is 0.500. The van der Waals surface area contributed by atoms with Crippen molar-refractivity contribution in [2.24, 2.45) is 0 Å². The number of piperazine rings is 1. The lowest BCUT2D eigenvalue weighted by Crippen LogP contribution is -2.45. The zero-order valence-electron chi connectivity index (χ0n) is 9.96. The first-order chi connectivity index (χ1) is 8.16. The van der Waals surface area contributed by atoms with Crippen LogP contribution in [0.5, 0.6) is 0 Å². The van der Waals surface area contributed by atoms with E-state index in [1.54, 1.807) is 12.3 Å². The van der Waals surface area contributed by atoms with Crippen LogP contribution in [0.2, 0.25) is 0 Å². The summed E-state index contributed by atoms with van der Waals surface area (Å²) in [5, 5.41) is 8.88. The second-order valence-electron chi connectivity index (χ2n) is 4.35. The number of nitrogens with zero attached hydrogens (tertiary/aromatic N) is 3. The molecule has 0 spiro atoms. The first-order valence-corrected chi connectivity index (χ1v) is 5.76. The van der Waals surface area contributed by atoms with E-state index in [2.05, 4.69) is 21.8 Å². The molecule has 1 aromatic rings. The van der Waals surface area contributed by atoms with Crippen LogP contribution in [0.3, 0.4) is 0 Å². The van der Waals surface area contributed by atoms with Gasteiger partial charge in [-0.05, 0) is 13.1 Å². The van der Waals surface area contributed by atoms with Crippen molar-refractivity contribution in [2.75, 3.05) is 38.1 Å². The van der Waals surface area contributed by atoms with Crippen molar-refractivity contribution in [3.63, 3.8) is 0 Å². The predicted octanol–water partition coefficient (Wildman–Crippen LogP) is 0.460. The van der Waals surface area contributed by atoms with E-state index in [0.29, 0.717) is 0 Å². The van der Waals surface area contributed by atoms with E-state index >= 15 is 0 Å². The Hall–Kier alpha value is -1.62. The maximum absolute atomic E-state index is 10.8. The van der Waals surface area contributed by atoms with Crippen LogP contribution in [0.1, 0.15) is 5.56 Å². The molecule has 17 heavy (non-hydrogen) atoms. The maximum Gasteiger partial charge on any atom is 0.307 e. The Morgan fingerprint density at radius 3 is 2.76 bits per heavy atom. The average Bonchev–Trinajstić information content (AvgIpc) is 2.30. The Bertz CT molecular complexity index is 400. The zero-order valence-corrected chi connectivity index (χ0v) is 9.96. The molecule has 0 aliphatic carbocycles. The van der Waals surface area contributed by atoms with E-state index < -0.39 is 5.97 Å². The molecule has 92 valence electrons. The van der Waals surface area contributed by atoms with Crippen LogP contribution >= 0.6 is 0 Å². The molecule has 0 bridgehead atoms. The lowest BCUT2D eigenvalue weighted by molar-refractivity contribution is -0.136. The highest BCUT2D eigenvalue weighted by molar-refractivity contribution is 5.72. The van der Waals surface area contributed by atoms with Gasteiger partial charge in [-0.2, -0.15) is 0 Å². The largest absolute Gasteiger partial charge is 0.481 e. The van der Waals surface area contributed by atoms with Crippen LogP contribution in [-0.4, -0.2) is 54.2 Å². The third-order valence-corrected chi connectivity index (χ3v) is 3.01. The van der Waals surface area contributed by atoms with Gasteiger partial charge in [-0.25, -0.2) is 4.98 Å². The molecule has 0 amide bonds. The number of carbonyl (C=O) groups is 1. The van der Waals surface area contributed by atoms with Crippen molar-refractivity contribution >= 4 is 11.8 Å². The summed E-state index contributed by atoms with van der Waals surface area (Å²) in [5.41, 5.74) is 0.796. The molecule has 2 heterocycles. The molecule has 0 atom stereocenters. The lowest BCUT2D eigenvalue weighted by Gasteiger charge is -2.34. The summed E-state index contributed by atoms with van der Waals surface area (Å²) >= 11 is 0. The molecule has 0 saturated carbocycles. The van der Waals surface area contributed by atoms with Gasteiger partial charge in [0.05, 0.1) is 6.42 Å². The first kappa shape index (κ1) is 11.9. The van der Waals surface area contributed by atoms with Gasteiger partial charge in [-0.1, -0.05) is 6.07 Å². The Balaban J connectivity index is 2.16. The van der Waals surface area contributed by atoms with Crippen molar-refractivity contribution in [3.05, 3.63) is 23.9 Å². The summed E-state index contributed by atoms with van der Waals surface area (Å²) in [7, 11) is 2.09. The highest BCUT2D eigenvalue weighted by Gasteiger charge is 2.18. The normalized spacial score (nSPS) is 17.1. The number of carboxylic acids is 1. The highest BCUT2D eigenvalue weighted by atomic mass is 16.4. The number of anilines is 1. The summed E-state index contributed by atoms with van der Waals surface area (Å²) in [6.07, 6.45) is 1.76. The standard InChI is InChI=1S/C12H17N3O2/c1-14-5-7-15(8-6-14)12-10(9-11(16)17)3-2-4-13-12/h2-4H,5-9H2,1H3,(H,16,17). The minimum atomic E-state index is -0.812. The minimum Gasteiger partial charge on any atom is -0.481 e. The molecular formula is C12H17N3O2. The molecule has 0 radical (unpaired) electrons. The molecule has 0 aromatic carbocycles. The number of aliphatic carboxylic acids is 1. The van der Waals surface area contributed by atoms with E-state index in [0.717, 1.165) is 37.6 Å². The Kier molecular flexibility index (Phi) is 3.58. The molecule has 1 N–H and O–H groups in total. The van der Waals surface area contributed by atoms with Gasteiger partial charge >= 0.3 is 5.97 Å². The molecule has 1 aromatic heterocycles. The van der Waals surface area contributed by atoms with Gasteiger partial charge in [0.15, 0.2) is 0 Å². The molecule has 1 saturated heterocycles. The van der Waals surface area contributed by atoms with Crippen molar-refractivity contribution in [3.8, 4) is 0 Å². The molecule has 1 aliphatic heterocycles. The fourth-order valence-corrected chi connectivity index (χ4v) is 2.03. The smallest absolute Gasteiger partial charge is 0.307 e. The van der Waals surface area contributed by atoms with Crippen LogP contribution in [0.15, 0.2) is 18.3 Å². The second-order valence-corrected chi connectivity index (χ2v) is 4.35. The van der Waals surface area contributed by atoms with Gasteiger partial charge < -0.3 is 14.9 Å². The van der Waals surface area contributed by atoms with Crippen LogP contribution in [-0.2, 0) is 11.2 Å². The maximum atomic E-state index is 10.8. The number of hydrogen-bond acceptors (Lipinski definition) is 4. The number of hydrogen-bond donors (Lipinski definition) is 1. The summed E-state index contributed by atoms with van der Waals surface area (Å²) < 4.78 is 0. The van der Waals surface area contributed by atoms with Gasteiger partial charge in [-0.15, -0.1) is 0 Å². The second kappa shape index (κ2) is 5.14. The van der Waals surface area contributed by atoms with Gasteiger partial charge in [0.25, 0.3) is 0 Å². The number of likely N-dealkylation sites (N-methyl/N-ethyl adjacent to an activating group) is 1. The van der Waals surface area contributed by atoms with Crippen LogP contribution in [0.25, 0.3) is 0 Å². The van der Waals surface area contributed by atoms with Gasteiger partial charge in [0.2, 0.25) is 0 Å². The lowest BCUT2D eigenvalue weighted by atomic mass is 10.1. The van der Waals surface area contributed by atoms with Crippen LogP contribution < -0.4 is 4.90 Å². The number of carboxylic acid groups (broad SMARTS) is 1. The number of pyridine rings is 1. The third kappa shape index (κ3) is 2.94. The minimum absolute atomic E-state index is 0.0372. The van der Waals surface area contributed by atoms with E-state index in [9.17, 15) is 4.79 Å². The van der Waals surface area contributed by atoms with Crippen molar-refractivity contribution in [2.45, 2.75) is 6.42 Å². The summed E-state index contributed by atoms with van der Waals surface area (Å²) in [4.78, 5) is 19.6. The molecule has 1 fully saturated rings. The van der Waals surface area contributed by atoms with Gasteiger partial charge in [0.1, 0.15) is 5.82 Å². The van der Waals surface area contributed by atoms with Crippen LogP contribution in [0, 0.1) is 0 Å². The van der Waals surface area contributed by atoms with E-state index in [4.69, 9.17) is 5.11 Å². The van der Waals surface area contributed by atoms with Crippen LogP contribution in [0.4, 0.5) is 5.82 Å². The fourth-order valence-electron chi connectivity index (χ4n) is 2.03.